The lowest BCUT2D eigenvalue weighted by molar-refractivity contribution is -0.140. The monoisotopic (exact) mass is 261 g/mol. The number of aromatic amines is 1. The molecule has 90 valence electrons. The van der Waals surface area contributed by atoms with Crippen molar-refractivity contribution in [2.24, 2.45) is 0 Å². The van der Waals surface area contributed by atoms with Crippen molar-refractivity contribution >= 4 is 11.6 Å². The van der Waals surface area contributed by atoms with Gasteiger partial charge in [-0.3, -0.25) is 4.79 Å². The second kappa shape index (κ2) is 4.40. The summed E-state index contributed by atoms with van der Waals surface area (Å²) < 4.78 is 61.7. The first-order valence-electron chi connectivity index (χ1n) is 3.94. The van der Waals surface area contributed by atoms with Crippen LogP contribution in [0, 0.1) is 0 Å². The molecule has 0 saturated carbocycles. The van der Waals surface area contributed by atoms with Crippen molar-refractivity contribution < 1.29 is 22.0 Å². The second-order valence-electron chi connectivity index (χ2n) is 2.89. The van der Waals surface area contributed by atoms with E-state index in [-0.39, 0.29) is 11.6 Å². The highest BCUT2D eigenvalue weighted by molar-refractivity contribution is 6.16. The number of H-pyrrole nitrogens is 1. The summed E-state index contributed by atoms with van der Waals surface area (Å²) in [4.78, 5) is 12.8. The lowest BCUT2D eigenvalue weighted by Crippen LogP contribution is -2.25. The van der Waals surface area contributed by atoms with Gasteiger partial charge in [-0.05, 0) is 6.07 Å². The molecule has 0 saturated heterocycles. The maximum Gasteiger partial charge on any atom is 0.422 e. The number of pyridine rings is 1. The first-order valence-corrected chi connectivity index (χ1v) is 4.48. The van der Waals surface area contributed by atoms with Gasteiger partial charge in [0.05, 0.1) is 5.88 Å². The van der Waals surface area contributed by atoms with Crippen LogP contribution in [0.3, 0.4) is 0 Å². The summed E-state index contributed by atoms with van der Waals surface area (Å²) in [5, 5.41) is 0. The average molecular weight is 262 g/mol. The fourth-order valence-electron chi connectivity index (χ4n) is 1.17. The number of aromatic nitrogens is 1. The molecule has 8 heteroatoms. The Morgan fingerprint density at radius 3 is 2.31 bits per heavy atom. The molecular weight excluding hydrogens is 257 g/mol. The zero-order chi connectivity index (χ0) is 12.5. The van der Waals surface area contributed by atoms with Crippen molar-refractivity contribution in [3.05, 3.63) is 33.2 Å². The molecule has 1 aromatic rings. The van der Waals surface area contributed by atoms with Gasteiger partial charge in [-0.1, -0.05) is 0 Å². The number of halogens is 6. The molecule has 0 bridgehead atoms. The highest BCUT2D eigenvalue weighted by atomic mass is 35.5. The van der Waals surface area contributed by atoms with Gasteiger partial charge in [0, 0.05) is 11.3 Å². The van der Waals surface area contributed by atoms with E-state index in [0.29, 0.717) is 6.07 Å². The van der Waals surface area contributed by atoms with Crippen LogP contribution in [0.25, 0.3) is 0 Å². The molecule has 0 atom stereocenters. The Balaban J connectivity index is 3.53. The summed E-state index contributed by atoms with van der Waals surface area (Å²) in [6.45, 7) is 0. The molecule has 0 spiro atoms. The Morgan fingerprint density at radius 1 is 1.38 bits per heavy atom. The normalized spacial score (nSPS) is 12.2. The van der Waals surface area contributed by atoms with Crippen LogP contribution < -0.4 is 5.56 Å². The van der Waals surface area contributed by atoms with Gasteiger partial charge >= 0.3 is 6.18 Å². The van der Waals surface area contributed by atoms with Crippen LogP contribution in [0.1, 0.15) is 23.2 Å². The van der Waals surface area contributed by atoms with E-state index in [1.54, 1.807) is 4.98 Å². The molecule has 0 radical (unpaired) electrons. The maximum absolute atomic E-state index is 12.4. The summed E-state index contributed by atoms with van der Waals surface area (Å²) in [7, 11) is 0. The van der Waals surface area contributed by atoms with E-state index < -0.39 is 29.3 Å². The van der Waals surface area contributed by atoms with Crippen molar-refractivity contribution in [1.82, 2.24) is 4.98 Å². The van der Waals surface area contributed by atoms with Crippen molar-refractivity contribution in [1.29, 1.82) is 0 Å². The molecule has 0 aliphatic rings. The van der Waals surface area contributed by atoms with Crippen LogP contribution in [0.15, 0.2) is 10.9 Å². The minimum Gasteiger partial charge on any atom is -0.324 e. The van der Waals surface area contributed by atoms with Crippen molar-refractivity contribution in [3.63, 3.8) is 0 Å². The highest BCUT2D eigenvalue weighted by Crippen LogP contribution is 2.34. The van der Waals surface area contributed by atoms with Crippen molar-refractivity contribution in [3.8, 4) is 0 Å². The number of rotatable bonds is 2. The fraction of sp³-hybridized carbons (Fsp3) is 0.375. The second-order valence-corrected chi connectivity index (χ2v) is 3.15. The minimum absolute atomic E-state index is 0.185. The third-order valence-corrected chi connectivity index (χ3v) is 2.07. The van der Waals surface area contributed by atoms with Gasteiger partial charge in [-0.25, -0.2) is 8.78 Å². The molecule has 0 aliphatic carbocycles. The number of hydrogen-bond donors (Lipinski definition) is 1. The Kier molecular flexibility index (Phi) is 3.57. The Hall–Kier alpha value is -1.11. The van der Waals surface area contributed by atoms with Gasteiger partial charge in [0.1, 0.15) is 5.56 Å². The highest BCUT2D eigenvalue weighted by Gasteiger charge is 2.39. The lowest BCUT2D eigenvalue weighted by atomic mass is 10.1. The van der Waals surface area contributed by atoms with Crippen molar-refractivity contribution in [2.75, 3.05) is 0 Å². The molecule has 0 fully saturated rings. The molecule has 0 amide bonds. The lowest BCUT2D eigenvalue weighted by Gasteiger charge is -2.12. The molecule has 1 heterocycles. The molecule has 2 nitrogen and oxygen atoms in total. The smallest absolute Gasteiger partial charge is 0.324 e. The van der Waals surface area contributed by atoms with Gasteiger partial charge in [-0.2, -0.15) is 13.2 Å². The van der Waals surface area contributed by atoms with E-state index >= 15 is 0 Å². The predicted molar refractivity (Wildman–Crippen MR) is 46.6 cm³/mol. The third kappa shape index (κ3) is 2.52. The van der Waals surface area contributed by atoms with Crippen LogP contribution in [0.4, 0.5) is 22.0 Å². The summed E-state index contributed by atoms with van der Waals surface area (Å²) in [5.74, 6) is -0.354. The largest absolute Gasteiger partial charge is 0.422 e. The molecule has 16 heavy (non-hydrogen) atoms. The average Bonchev–Trinajstić information content (AvgIpc) is 2.14. The number of nitrogens with one attached hydrogen (secondary N) is 1. The summed E-state index contributed by atoms with van der Waals surface area (Å²) >= 11 is 5.25. The van der Waals surface area contributed by atoms with E-state index in [1.165, 1.54) is 0 Å². The van der Waals surface area contributed by atoms with Crippen LogP contribution in [-0.4, -0.2) is 4.98 Å². The third-order valence-electron chi connectivity index (χ3n) is 1.78. The summed E-state index contributed by atoms with van der Waals surface area (Å²) in [5.41, 5.74) is -5.03. The summed E-state index contributed by atoms with van der Waals surface area (Å²) in [6, 6.07) is 0.544. The quantitative estimate of drug-likeness (QED) is 0.644. The van der Waals surface area contributed by atoms with E-state index in [0.717, 1.165) is 0 Å². The number of hydrogen-bond acceptors (Lipinski definition) is 1. The Bertz CT molecular complexity index is 439. The standard InChI is InChI=1S/C8H5ClF5NO/c9-2-3-1-4(6(10)11)5(7(16)15-3)8(12,13)14/h1,6H,2H2,(H,15,16). The van der Waals surface area contributed by atoms with Crippen molar-refractivity contribution in [2.45, 2.75) is 18.5 Å². The molecule has 1 rings (SSSR count). The van der Waals surface area contributed by atoms with Gasteiger partial charge in [0.25, 0.3) is 12.0 Å². The SMILES string of the molecule is O=c1[nH]c(CCl)cc(C(F)F)c1C(F)(F)F. The maximum atomic E-state index is 12.4. The molecule has 1 aromatic heterocycles. The predicted octanol–water partition coefficient (Wildman–Crippen LogP) is 3.07. The molecule has 0 aromatic carbocycles. The topological polar surface area (TPSA) is 32.9 Å². The molecular formula is C8H5ClF5NO. The van der Waals surface area contributed by atoms with Gasteiger partial charge in [0.15, 0.2) is 0 Å². The van der Waals surface area contributed by atoms with Gasteiger partial charge in [0.2, 0.25) is 0 Å². The molecule has 0 aliphatic heterocycles. The molecule has 1 N–H and O–H groups in total. The van der Waals surface area contributed by atoms with E-state index in [1.807, 2.05) is 0 Å². The number of alkyl halides is 6. The van der Waals surface area contributed by atoms with Crippen LogP contribution in [0.2, 0.25) is 0 Å². The van der Waals surface area contributed by atoms with E-state index in [4.69, 9.17) is 11.6 Å². The zero-order valence-corrected chi connectivity index (χ0v) is 8.29. The summed E-state index contributed by atoms with van der Waals surface area (Å²) in [6.07, 6.45) is -8.51. The van der Waals surface area contributed by atoms with E-state index in [9.17, 15) is 26.7 Å². The van der Waals surface area contributed by atoms with Gasteiger partial charge in [-0.15, -0.1) is 11.6 Å². The Morgan fingerprint density at radius 2 is 1.94 bits per heavy atom. The van der Waals surface area contributed by atoms with Gasteiger partial charge < -0.3 is 4.98 Å². The zero-order valence-electron chi connectivity index (χ0n) is 7.54. The Labute approximate surface area is 91.0 Å². The van der Waals surface area contributed by atoms with E-state index in [2.05, 4.69) is 0 Å². The minimum atomic E-state index is -5.12. The fourth-order valence-corrected chi connectivity index (χ4v) is 1.32. The first kappa shape index (κ1) is 13.0. The first-order chi connectivity index (χ1) is 7.27. The van der Waals surface area contributed by atoms with Crippen LogP contribution >= 0.6 is 11.6 Å². The van der Waals surface area contributed by atoms with Crippen LogP contribution in [0.5, 0.6) is 0 Å². The van der Waals surface area contributed by atoms with Crippen LogP contribution in [-0.2, 0) is 12.1 Å². The molecule has 0 unspecified atom stereocenters.